The number of hydrogen-bond donors (Lipinski definition) is 2. The number of aliphatic hydroxyl groups is 1. The molecule has 7 aliphatic rings. The number of ether oxygens (including phenoxy) is 3. The number of unbranched alkanes of at least 4 members (excludes halogenated alkanes) is 3. The highest BCUT2D eigenvalue weighted by Crippen LogP contribution is 2.66. The molecule has 14 nitrogen and oxygen atoms in total. The molecule has 2 saturated carbocycles. The van der Waals surface area contributed by atoms with Gasteiger partial charge in [-0.3, -0.25) is 24.0 Å². The second kappa shape index (κ2) is 19.9. The molecule has 8 atom stereocenters. The molecule has 76 heavy (non-hydrogen) atoms. The molecule has 5 aliphatic carbocycles. The summed E-state index contributed by atoms with van der Waals surface area (Å²) in [4.78, 5) is 86.0. The molecule has 2 N–H and O–H groups in total. The number of carbonyl (C=O) groups excluding carboxylic acids is 5. The van der Waals surface area contributed by atoms with Crippen LogP contribution < -0.4 is 15.8 Å². The van der Waals surface area contributed by atoms with Crippen molar-refractivity contribution < 1.29 is 47.7 Å². The van der Waals surface area contributed by atoms with Crippen molar-refractivity contribution in [3.05, 3.63) is 114 Å². The number of ketones is 2. The minimum atomic E-state index is -1.99. The summed E-state index contributed by atoms with van der Waals surface area (Å²) < 4.78 is 34.3. The van der Waals surface area contributed by atoms with Gasteiger partial charge in [-0.2, -0.15) is 0 Å². The maximum Gasteiger partial charge on any atom is 0.343 e. The number of benzene rings is 2. The van der Waals surface area contributed by atoms with E-state index >= 15 is 4.39 Å². The number of nitrogens with one attached hydrogen (secondary N) is 1. The topological polar surface area (TPSA) is 183 Å². The first-order valence-electron chi connectivity index (χ1n) is 27.6. The van der Waals surface area contributed by atoms with Crippen LogP contribution in [0.5, 0.6) is 0 Å². The highest BCUT2D eigenvalue weighted by atomic mass is 19.1. The smallest absolute Gasteiger partial charge is 0.343 e. The van der Waals surface area contributed by atoms with Crippen LogP contribution in [0.3, 0.4) is 0 Å². The van der Waals surface area contributed by atoms with Crippen molar-refractivity contribution in [1.29, 1.82) is 0 Å². The number of anilines is 1. The number of aryl methyl sites for hydroxylation is 1. The minimum absolute atomic E-state index is 0.00326. The molecule has 0 bridgehead atoms. The fourth-order valence-electron chi connectivity index (χ4n) is 15.0. The molecule has 4 aromatic rings. The summed E-state index contributed by atoms with van der Waals surface area (Å²) in [5.74, 6) is -1.25. The standard InChI is InChI=1S/C61H69FN4O10/c1-7-61(73)46-26-50-57-42(29-66(50)58(71)43(46)30-75-59(61)72)55-48(21-18-39-32(2)47(62)27-49(64-57)54(39)55)63-52(70)31-74-23-11-9-8-10-22-65(6)37-14-12-35(13-15-37)41-28-60(5)44(33(3)67)19-20-45(60)56-51(76-34(4)68)25-36-24-38(69)16-17-40(36)53(41)56/h12-15,24,26-27,41,44-45,48,51,56,73H,7-11,16-23,25,28-31H2,1-6H3,(H,63,70)/t41-,44+,45+,48+,51?,56-,60-,61+/m1/s1. The van der Waals surface area contributed by atoms with Crippen molar-refractivity contribution in [2.45, 2.75) is 155 Å². The molecule has 2 aromatic carbocycles. The number of Topliss-reactive ketones (excluding diaryl/α,β-unsaturated/α-hetero) is 1. The van der Waals surface area contributed by atoms with Gasteiger partial charge in [0.1, 0.15) is 30.9 Å². The fourth-order valence-corrected chi connectivity index (χ4v) is 15.0. The van der Waals surface area contributed by atoms with Crippen LogP contribution in [-0.2, 0) is 63.4 Å². The van der Waals surface area contributed by atoms with Crippen LogP contribution in [0.2, 0.25) is 0 Å². The van der Waals surface area contributed by atoms with Gasteiger partial charge in [0.2, 0.25) is 5.91 Å². The lowest BCUT2D eigenvalue weighted by molar-refractivity contribution is -0.172. The molecule has 2 aliphatic heterocycles. The Morgan fingerprint density at radius 2 is 1.76 bits per heavy atom. The number of hydrogen-bond acceptors (Lipinski definition) is 12. The maximum absolute atomic E-state index is 15.4. The number of allylic oxidation sites excluding steroid dienone is 2. The molecule has 0 spiro atoms. The minimum Gasteiger partial charge on any atom is -0.462 e. The summed E-state index contributed by atoms with van der Waals surface area (Å²) in [7, 11) is 2.10. The fraction of sp³-hybridized carbons (Fsp3) is 0.525. The van der Waals surface area contributed by atoms with Crippen LogP contribution in [0, 0.1) is 35.9 Å². The Morgan fingerprint density at radius 1 is 0.987 bits per heavy atom. The number of pyridine rings is 2. The number of nitrogens with zero attached hydrogens (tertiary/aromatic N) is 3. The first-order chi connectivity index (χ1) is 36.4. The van der Waals surface area contributed by atoms with E-state index in [-0.39, 0.29) is 102 Å². The van der Waals surface area contributed by atoms with Gasteiger partial charge in [0.25, 0.3) is 5.56 Å². The van der Waals surface area contributed by atoms with Gasteiger partial charge in [-0.15, -0.1) is 0 Å². The predicted molar refractivity (Wildman–Crippen MR) is 283 cm³/mol. The van der Waals surface area contributed by atoms with Crippen LogP contribution >= 0.6 is 0 Å². The molecule has 15 heteroatoms. The molecule has 0 radical (unpaired) electrons. The first kappa shape index (κ1) is 51.8. The van der Waals surface area contributed by atoms with Gasteiger partial charge in [0, 0.05) is 86.0 Å². The third kappa shape index (κ3) is 8.63. The second-order valence-electron chi connectivity index (χ2n) is 23.0. The number of halogens is 1. The van der Waals surface area contributed by atoms with E-state index in [2.05, 4.69) is 48.5 Å². The van der Waals surface area contributed by atoms with E-state index in [1.165, 1.54) is 29.7 Å². The summed E-state index contributed by atoms with van der Waals surface area (Å²) in [5, 5.41) is 15.4. The number of rotatable bonds is 15. The van der Waals surface area contributed by atoms with Crippen molar-refractivity contribution in [3.63, 3.8) is 0 Å². The van der Waals surface area contributed by atoms with Gasteiger partial charge in [-0.05, 0) is 141 Å². The molecule has 0 saturated heterocycles. The van der Waals surface area contributed by atoms with Gasteiger partial charge < -0.3 is 34.1 Å². The van der Waals surface area contributed by atoms with E-state index in [1.807, 2.05) is 0 Å². The normalized spacial score (nSPS) is 26.9. The van der Waals surface area contributed by atoms with Crippen molar-refractivity contribution in [3.8, 4) is 11.4 Å². The maximum atomic E-state index is 15.4. The van der Waals surface area contributed by atoms with Crippen LogP contribution in [0.4, 0.5) is 10.1 Å². The Balaban J connectivity index is 0.707. The largest absolute Gasteiger partial charge is 0.462 e. The molecule has 11 rings (SSSR count). The third-order valence-electron chi connectivity index (χ3n) is 18.8. The van der Waals surface area contributed by atoms with E-state index in [4.69, 9.17) is 19.2 Å². The van der Waals surface area contributed by atoms with Crippen molar-refractivity contribution >= 4 is 46.0 Å². The monoisotopic (exact) mass is 1040 g/mol. The molecule has 2 aromatic heterocycles. The third-order valence-corrected chi connectivity index (χ3v) is 18.8. The number of carbonyl (C=O) groups is 5. The number of esters is 2. The van der Waals surface area contributed by atoms with Crippen LogP contribution in [0.1, 0.15) is 156 Å². The molecule has 4 heterocycles. The zero-order valence-corrected chi connectivity index (χ0v) is 44.6. The zero-order valence-electron chi connectivity index (χ0n) is 44.6. The highest BCUT2D eigenvalue weighted by molar-refractivity contribution is 5.95. The van der Waals surface area contributed by atoms with Crippen molar-refractivity contribution in [2.24, 2.45) is 23.2 Å². The summed E-state index contributed by atoms with van der Waals surface area (Å²) in [6.45, 7) is 9.94. The molecule has 2 fully saturated rings. The second-order valence-corrected chi connectivity index (χ2v) is 23.0. The van der Waals surface area contributed by atoms with Gasteiger partial charge in [0.05, 0.1) is 35.1 Å². The molecule has 1 unspecified atom stereocenters. The predicted octanol–water partition coefficient (Wildman–Crippen LogP) is 8.99. The van der Waals surface area contributed by atoms with Gasteiger partial charge in [0.15, 0.2) is 11.4 Å². The Morgan fingerprint density at radius 3 is 2.51 bits per heavy atom. The lowest BCUT2D eigenvalue weighted by atomic mass is 9.51. The van der Waals surface area contributed by atoms with Crippen LogP contribution in [-0.4, -0.2) is 77.0 Å². The average molecular weight is 1040 g/mol. The van der Waals surface area contributed by atoms with E-state index < -0.39 is 23.2 Å². The Labute approximate surface area is 442 Å². The number of cyclic esters (lactones) is 1. The van der Waals surface area contributed by atoms with E-state index in [0.717, 1.165) is 84.8 Å². The molecular formula is C61H69FN4O10. The Hall–Kier alpha value is -6.32. The van der Waals surface area contributed by atoms with Gasteiger partial charge in [-0.1, -0.05) is 44.4 Å². The van der Waals surface area contributed by atoms with E-state index in [9.17, 15) is 33.9 Å². The number of aromatic nitrogens is 2. The van der Waals surface area contributed by atoms with Crippen molar-refractivity contribution in [1.82, 2.24) is 14.9 Å². The Kier molecular flexibility index (Phi) is 13.6. The zero-order chi connectivity index (χ0) is 53.5. The highest BCUT2D eigenvalue weighted by Gasteiger charge is 2.60. The van der Waals surface area contributed by atoms with Gasteiger partial charge >= 0.3 is 11.9 Å². The average Bonchev–Trinajstić information content (AvgIpc) is 4.01. The van der Waals surface area contributed by atoms with E-state index in [1.54, 1.807) is 37.5 Å². The SMILES string of the molecule is CC[C@@]1(O)C(=O)OCc2c1cc1n(c2=O)Cc2c-1nc1cc(F)c(C)c3c1c2[C@@H](NC(=O)COCCCCCCN(C)c1ccc([C@H]2C[C@]4(C)[C@H](C(C)=O)CC[C@H]4[C@H]4C2=C2CCC(=O)C=C2CC4OC(C)=O)cc1)CC3. The molecule has 400 valence electrons. The number of fused-ring (bicyclic) bond motifs is 9. The molecular weight excluding hydrogens is 968 g/mol. The Bertz CT molecular complexity index is 3250. The lowest BCUT2D eigenvalue weighted by Gasteiger charge is -2.54. The number of amides is 1. The van der Waals surface area contributed by atoms with Crippen molar-refractivity contribution in [2.75, 3.05) is 31.7 Å². The first-order valence-corrected chi connectivity index (χ1v) is 27.6. The quantitative estimate of drug-likeness (QED) is 0.0751. The van der Waals surface area contributed by atoms with Gasteiger partial charge in [-0.25, -0.2) is 14.2 Å². The molecule has 1 amide bonds. The summed E-state index contributed by atoms with van der Waals surface area (Å²) in [5.41, 5.74) is 7.84. The summed E-state index contributed by atoms with van der Waals surface area (Å²) in [6, 6.07) is 11.4. The summed E-state index contributed by atoms with van der Waals surface area (Å²) in [6.07, 6.45) is 10.4. The van der Waals surface area contributed by atoms with Crippen LogP contribution in [0.15, 0.2) is 64.0 Å². The van der Waals surface area contributed by atoms with E-state index in [0.29, 0.717) is 61.2 Å². The van der Waals surface area contributed by atoms with Crippen LogP contribution in [0.25, 0.3) is 22.3 Å². The lowest BCUT2D eigenvalue weighted by Crippen LogP contribution is -2.50. The summed E-state index contributed by atoms with van der Waals surface area (Å²) >= 11 is 0.